The van der Waals surface area contributed by atoms with Crippen molar-refractivity contribution in [1.82, 2.24) is 9.55 Å². The summed E-state index contributed by atoms with van der Waals surface area (Å²) in [6.45, 7) is 0. The van der Waals surface area contributed by atoms with Gasteiger partial charge in [-0.25, -0.2) is 4.79 Å². The minimum Gasteiger partial charge on any atom is -0.406 e. The fourth-order valence-electron chi connectivity index (χ4n) is 1.43. The van der Waals surface area contributed by atoms with Crippen LogP contribution in [0.4, 0.5) is 13.2 Å². The lowest BCUT2D eigenvalue weighted by atomic mass is 10.3. The minimum absolute atomic E-state index is 0.302. The van der Waals surface area contributed by atoms with E-state index in [0.717, 1.165) is 22.8 Å². The van der Waals surface area contributed by atoms with Gasteiger partial charge < -0.3 is 4.74 Å². The maximum atomic E-state index is 12.0. The lowest BCUT2D eigenvalue weighted by molar-refractivity contribution is -0.274. The number of ether oxygens (including phenoxy) is 1. The van der Waals surface area contributed by atoms with Crippen LogP contribution in [0.1, 0.15) is 0 Å². The molecule has 0 bridgehead atoms. The van der Waals surface area contributed by atoms with Gasteiger partial charge >= 0.3 is 12.1 Å². The topological polar surface area (TPSA) is 64.1 Å². The van der Waals surface area contributed by atoms with Crippen LogP contribution >= 0.6 is 0 Å². The van der Waals surface area contributed by atoms with E-state index in [1.165, 1.54) is 18.3 Å². The zero-order valence-corrected chi connectivity index (χ0v) is 9.27. The predicted molar refractivity (Wildman–Crippen MR) is 59.3 cm³/mol. The summed E-state index contributed by atoms with van der Waals surface area (Å²) in [7, 11) is 0. The molecule has 1 N–H and O–H groups in total. The third-order valence-electron chi connectivity index (χ3n) is 2.17. The van der Waals surface area contributed by atoms with E-state index in [2.05, 4.69) is 4.74 Å². The molecule has 8 heteroatoms. The van der Waals surface area contributed by atoms with E-state index < -0.39 is 23.4 Å². The molecule has 0 amide bonds. The highest BCUT2D eigenvalue weighted by Crippen LogP contribution is 2.23. The number of aromatic amines is 1. The Hall–Kier alpha value is -2.51. The van der Waals surface area contributed by atoms with Crippen molar-refractivity contribution in [1.29, 1.82) is 0 Å². The highest BCUT2D eigenvalue weighted by molar-refractivity contribution is 5.37. The highest BCUT2D eigenvalue weighted by Gasteiger charge is 2.30. The summed E-state index contributed by atoms with van der Waals surface area (Å²) in [5.74, 6) is -0.395. The molecule has 0 fully saturated rings. The Balaban J connectivity index is 2.33. The van der Waals surface area contributed by atoms with Crippen LogP contribution in [0.25, 0.3) is 5.69 Å². The molecule has 5 nitrogen and oxygen atoms in total. The monoisotopic (exact) mass is 272 g/mol. The zero-order valence-electron chi connectivity index (χ0n) is 9.27. The van der Waals surface area contributed by atoms with Crippen molar-refractivity contribution < 1.29 is 17.9 Å². The molecule has 0 unspecified atom stereocenters. The molecule has 0 saturated carbocycles. The first-order chi connectivity index (χ1) is 8.85. The van der Waals surface area contributed by atoms with Gasteiger partial charge in [0.05, 0.1) is 5.69 Å². The summed E-state index contributed by atoms with van der Waals surface area (Å²) >= 11 is 0. The summed E-state index contributed by atoms with van der Waals surface area (Å²) in [5.41, 5.74) is -0.939. The Morgan fingerprint density at radius 3 is 2.21 bits per heavy atom. The summed E-state index contributed by atoms with van der Waals surface area (Å²) in [5, 5.41) is 0. The van der Waals surface area contributed by atoms with E-state index in [4.69, 9.17) is 0 Å². The van der Waals surface area contributed by atoms with Crippen molar-refractivity contribution >= 4 is 0 Å². The number of H-pyrrole nitrogens is 1. The summed E-state index contributed by atoms with van der Waals surface area (Å²) in [6.07, 6.45) is -3.54. The first-order valence-corrected chi connectivity index (χ1v) is 5.03. The fraction of sp³-hybridized carbons (Fsp3) is 0.0909. The maximum absolute atomic E-state index is 12.0. The van der Waals surface area contributed by atoms with Crippen LogP contribution in [0.15, 0.2) is 46.1 Å². The number of hydrogen-bond donors (Lipinski definition) is 1. The Labute approximate surface area is 103 Å². The summed E-state index contributed by atoms with van der Waals surface area (Å²) in [4.78, 5) is 24.4. The SMILES string of the molecule is O=c1ccn(-c2ccc(OC(F)(F)F)cc2)c(=O)[nH]1. The predicted octanol–water partition coefficient (Wildman–Crippen LogP) is 1.42. The van der Waals surface area contributed by atoms with E-state index in [1.807, 2.05) is 4.98 Å². The van der Waals surface area contributed by atoms with Gasteiger partial charge in [-0.15, -0.1) is 13.2 Å². The van der Waals surface area contributed by atoms with Gasteiger partial charge in [0, 0.05) is 12.3 Å². The largest absolute Gasteiger partial charge is 0.573 e. The molecule has 1 aromatic carbocycles. The minimum atomic E-state index is -4.77. The molecule has 0 spiro atoms. The molecule has 2 rings (SSSR count). The van der Waals surface area contributed by atoms with Gasteiger partial charge in [-0.2, -0.15) is 0 Å². The van der Waals surface area contributed by atoms with Crippen molar-refractivity contribution in [3.63, 3.8) is 0 Å². The van der Waals surface area contributed by atoms with Crippen LogP contribution in [0.2, 0.25) is 0 Å². The van der Waals surface area contributed by atoms with Gasteiger partial charge in [0.2, 0.25) is 0 Å². The molecular weight excluding hydrogens is 265 g/mol. The van der Waals surface area contributed by atoms with Crippen molar-refractivity contribution in [2.45, 2.75) is 6.36 Å². The third-order valence-corrected chi connectivity index (χ3v) is 2.17. The summed E-state index contributed by atoms with van der Waals surface area (Å²) < 4.78 is 40.6. The van der Waals surface area contributed by atoms with Gasteiger partial charge in [0.15, 0.2) is 0 Å². The van der Waals surface area contributed by atoms with Crippen molar-refractivity contribution in [2.75, 3.05) is 0 Å². The molecule has 100 valence electrons. The molecule has 0 saturated heterocycles. The van der Waals surface area contributed by atoms with Crippen LogP contribution < -0.4 is 16.0 Å². The van der Waals surface area contributed by atoms with Crippen molar-refractivity contribution in [2.24, 2.45) is 0 Å². The first-order valence-electron chi connectivity index (χ1n) is 5.03. The number of nitrogens with one attached hydrogen (secondary N) is 1. The van der Waals surface area contributed by atoms with Crippen LogP contribution in [0.5, 0.6) is 5.75 Å². The molecule has 2 aromatic rings. The standard InChI is InChI=1S/C11H7F3N2O3/c12-11(13,14)19-8-3-1-7(2-4-8)16-6-5-9(17)15-10(16)18/h1-6H,(H,15,17,18). The Kier molecular flexibility index (Phi) is 3.16. The quantitative estimate of drug-likeness (QED) is 0.899. The molecule has 1 aromatic heterocycles. The molecule has 19 heavy (non-hydrogen) atoms. The number of nitrogens with zero attached hydrogens (tertiary/aromatic N) is 1. The van der Waals surface area contributed by atoms with Crippen LogP contribution in [0, 0.1) is 0 Å². The third kappa shape index (κ3) is 3.24. The molecule has 0 aliphatic heterocycles. The summed E-state index contributed by atoms with van der Waals surface area (Å²) in [6, 6.07) is 5.80. The average Bonchev–Trinajstić information content (AvgIpc) is 2.28. The number of rotatable bonds is 2. The van der Waals surface area contributed by atoms with Gasteiger partial charge in [-0.1, -0.05) is 0 Å². The Bertz CT molecular complexity index is 686. The van der Waals surface area contributed by atoms with Gasteiger partial charge in [-0.05, 0) is 24.3 Å². The fourth-order valence-corrected chi connectivity index (χ4v) is 1.43. The van der Waals surface area contributed by atoms with E-state index >= 15 is 0 Å². The second kappa shape index (κ2) is 4.63. The highest BCUT2D eigenvalue weighted by atomic mass is 19.4. The van der Waals surface area contributed by atoms with Crippen molar-refractivity contribution in [3.8, 4) is 11.4 Å². The molecule has 0 radical (unpaired) electrons. The molecule has 0 aliphatic carbocycles. The molecule has 1 heterocycles. The molecule has 0 aliphatic rings. The smallest absolute Gasteiger partial charge is 0.406 e. The van der Waals surface area contributed by atoms with E-state index in [1.54, 1.807) is 0 Å². The number of halogens is 3. The second-order valence-electron chi connectivity index (χ2n) is 3.52. The normalized spacial score (nSPS) is 11.3. The van der Waals surface area contributed by atoms with Crippen LogP contribution in [0.3, 0.4) is 0 Å². The molecular formula is C11H7F3N2O3. The molecule has 0 atom stereocenters. The average molecular weight is 272 g/mol. The van der Waals surface area contributed by atoms with Gasteiger partial charge in [0.25, 0.3) is 5.56 Å². The first kappa shape index (κ1) is 12.9. The van der Waals surface area contributed by atoms with Crippen molar-refractivity contribution in [3.05, 3.63) is 57.4 Å². The Morgan fingerprint density at radius 1 is 1.05 bits per heavy atom. The van der Waals surface area contributed by atoms with E-state index in [9.17, 15) is 22.8 Å². The van der Waals surface area contributed by atoms with E-state index in [-0.39, 0.29) is 0 Å². The maximum Gasteiger partial charge on any atom is 0.573 e. The second-order valence-corrected chi connectivity index (χ2v) is 3.52. The lowest BCUT2D eigenvalue weighted by Crippen LogP contribution is -2.27. The number of benzene rings is 1. The zero-order chi connectivity index (χ0) is 14.0. The van der Waals surface area contributed by atoms with Gasteiger partial charge in [-0.3, -0.25) is 14.3 Å². The Morgan fingerprint density at radius 2 is 1.68 bits per heavy atom. The number of alkyl halides is 3. The van der Waals surface area contributed by atoms with Crippen LogP contribution in [-0.4, -0.2) is 15.9 Å². The van der Waals surface area contributed by atoms with Crippen LogP contribution in [-0.2, 0) is 0 Å². The van der Waals surface area contributed by atoms with E-state index in [0.29, 0.717) is 5.69 Å². The number of hydrogen-bond acceptors (Lipinski definition) is 3. The lowest BCUT2D eigenvalue weighted by Gasteiger charge is -2.09. The number of aromatic nitrogens is 2. The van der Waals surface area contributed by atoms with Gasteiger partial charge in [0.1, 0.15) is 5.75 Å².